The molecule has 1 aliphatic rings. The van der Waals surface area contributed by atoms with Crippen molar-refractivity contribution in [3.63, 3.8) is 0 Å². The van der Waals surface area contributed by atoms with Crippen LogP contribution >= 0.6 is 23.2 Å². The summed E-state index contributed by atoms with van der Waals surface area (Å²) in [6, 6.07) is 3.68. The number of hydrogen-bond donors (Lipinski definition) is 3. The molecular weight excluding hydrogens is 365 g/mol. The molecule has 0 radical (unpaired) electrons. The molecule has 1 aromatic rings. The maximum atomic E-state index is 12.7. The summed E-state index contributed by atoms with van der Waals surface area (Å²) in [5.41, 5.74) is 2.51. The largest absolute Gasteiger partial charge is 0.588 e. The normalized spacial score (nSPS) is 16.8. The summed E-state index contributed by atoms with van der Waals surface area (Å²) >= 11 is 11.1. The zero-order chi connectivity index (χ0) is 17.9. The topological polar surface area (TPSA) is 71.0 Å². The van der Waals surface area contributed by atoms with Gasteiger partial charge in [0.25, 0.3) is 0 Å². The van der Waals surface area contributed by atoms with E-state index in [-0.39, 0.29) is 5.71 Å². The van der Waals surface area contributed by atoms with E-state index in [1.54, 1.807) is 20.9 Å². The second-order valence-electron chi connectivity index (χ2n) is 5.70. The summed E-state index contributed by atoms with van der Waals surface area (Å²) in [6.45, 7) is 3.43. The highest BCUT2D eigenvalue weighted by molar-refractivity contribution is 7.90. The van der Waals surface area contributed by atoms with Crippen LogP contribution in [0, 0.1) is 5.41 Å². The van der Waals surface area contributed by atoms with Gasteiger partial charge in [-0.3, -0.25) is 0 Å². The summed E-state index contributed by atoms with van der Waals surface area (Å²) in [4.78, 5) is 0.343. The number of hydrogen-bond acceptors (Lipinski definition) is 4. The van der Waals surface area contributed by atoms with E-state index in [0.29, 0.717) is 26.6 Å². The molecule has 1 aliphatic carbocycles. The Kier molecular flexibility index (Phi) is 6.63. The van der Waals surface area contributed by atoms with E-state index in [0.717, 1.165) is 24.1 Å². The van der Waals surface area contributed by atoms with E-state index in [1.807, 2.05) is 12.1 Å². The average molecular weight is 386 g/mol. The molecule has 0 saturated carbocycles. The molecule has 130 valence electrons. The molecule has 1 atom stereocenters. The average Bonchev–Trinajstić information content (AvgIpc) is 3.05. The van der Waals surface area contributed by atoms with E-state index < -0.39 is 11.4 Å². The molecule has 0 spiro atoms. The molecule has 0 amide bonds. The lowest BCUT2D eigenvalue weighted by molar-refractivity contribution is 0.588. The Morgan fingerprint density at radius 3 is 2.21 bits per heavy atom. The maximum Gasteiger partial charge on any atom is 0.216 e. The quantitative estimate of drug-likeness (QED) is 0.382. The minimum atomic E-state index is -1.66. The minimum Gasteiger partial charge on any atom is -0.588 e. The van der Waals surface area contributed by atoms with Crippen molar-refractivity contribution in [2.45, 2.75) is 37.5 Å². The Morgan fingerprint density at radius 2 is 1.75 bits per heavy atom. The van der Waals surface area contributed by atoms with Gasteiger partial charge < -0.3 is 15.3 Å². The number of rotatable bonds is 6. The molecule has 0 aliphatic heterocycles. The second-order valence-corrected chi connectivity index (χ2v) is 7.66. The maximum absolute atomic E-state index is 12.7. The smallest absolute Gasteiger partial charge is 0.216 e. The van der Waals surface area contributed by atoms with Crippen LogP contribution in [0.1, 0.15) is 38.2 Å². The summed E-state index contributed by atoms with van der Waals surface area (Å²) in [5, 5.41) is 11.5. The molecule has 0 fully saturated rings. The highest BCUT2D eigenvalue weighted by Gasteiger charge is 2.25. The summed E-state index contributed by atoms with van der Waals surface area (Å²) in [6.07, 6.45) is 6.22. The van der Waals surface area contributed by atoms with Crippen molar-refractivity contribution >= 4 is 40.3 Å². The van der Waals surface area contributed by atoms with Gasteiger partial charge in [-0.25, -0.2) is 0 Å². The molecule has 0 bridgehead atoms. The lowest BCUT2D eigenvalue weighted by Crippen LogP contribution is -2.30. The third kappa shape index (κ3) is 4.28. The van der Waals surface area contributed by atoms with Crippen molar-refractivity contribution in [2.24, 2.45) is 0 Å². The molecule has 0 aromatic heterocycles. The van der Waals surface area contributed by atoms with E-state index in [2.05, 4.69) is 22.2 Å². The van der Waals surface area contributed by atoms with Crippen molar-refractivity contribution in [1.29, 1.82) is 5.41 Å². The fraction of sp³-hybridized carbons (Fsp3) is 0.353. The van der Waals surface area contributed by atoms with Crippen molar-refractivity contribution in [3.05, 3.63) is 51.3 Å². The third-order valence-electron chi connectivity index (χ3n) is 4.01. The second kappa shape index (κ2) is 8.30. The zero-order valence-corrected chi connectivity index (χ0v) is 16.2. The Morgan fingerprint density at radius 1 is 1.21 bits per heavy atom. The Hall–Kier alpha value is -1.14. The molecule has 7 heteroatoms. The third-order valence-corrected chi connectivity index (χ3v) is 6.03. The van der Waals surface area contributed by atoms with Crippen molar-refractivity contribution in [3.8, 4) is 0 Å². The monoisotopic (exact) mass is 385 g/mol. The molecule has 3 N–H and O–H groups in total. The zero-order valence-electron chi connectivity index (χ0n) is 13.9. The van der Waals surface area contributed by atoms with E-state index in [9.17, 15) is 4.55 Å². The summed E-state index contributed by atoms with van der Waals surface area (Å²) in [5.74, 6) is 0.376. The van der Waals surface area contributed by atoms with Gasteiger partial charge in [0, 0.05) is 12.7 Å². The predicted octanol–water partition coefficient (Wildman–Crippen LogP) is 4.53. The van der Waals surface area contributed by atoms with Crippen molar-refractivity contribution in [1.82, 2.24) is 10.0 Å². The first-order valence-electron chi connectivity index (χ1n) is 7.61. The van der Waals surface area contributed by atoms with Gasteiger partial charge in [0.1, 0.15) is 27.1 Å². The van der Waals surface area contributed by atoms with Crippen LogP contribution in [-0.4, -0.2) is 17.3 Å². The van der Waals surface area contributed by atoms with Crippen LogP contribution in [0.15, 0.2) is 40.6 Å². The van der Waals surface area contributed by atoms with Crippen molar-refractivity contribution < 1.29 is 4.55 Å². The van der Waals surface area contributed by atoms with Crippen LogP contribution in [-0.2, 0) is 11.4 Å². The predicted molar refractivity (Wildman–Crippen MR) is 102 cm³/mol. The van der Waals surface area contributed by atoms with Crippen LogP contribution < -0.4 is 10.0 Å². The molecule has 24 heavy (non-hydrogen) atoms. The van der Waals surface area contributed by atoms with Crippen LogP contribution in [0.3, 0.4) is 0 Å². The molecule has 0 heterocycles. The lowest BCUT2D eigenvalue weighted by Gasteiger charge is -2.19. The van der Waals surface area contributed by atoms with Gasteiger partial charge in [0.05, 0.1) is 5.71 Å². The SMILES string of the molecule is CN/C(C)=C(/N[S+]([O-])c1c(Cl)cc(C2CC=CC2)cc1Cl)C(C)=N. The Balaban J connectivity index is 2.29. The highest BCUT2D eigenvalue weighted by atomic mass is 35.5. The van der Waals surface area contributed by atoms with Gasteiger partial charge in [-0.15, -0.1) is 0 Å². The van der Waals surface area contributed by atoms with Gasteiger partial charge in [-0.1, -0.05) is 35.4 Å². The molecule has 4 nitrogen and oxygen atoms in total. The van der Waals surface area contributed by atoms with Gasteiger partial charge in [-0.2, -0.15) is 4.72 Å². The Labute approximate surface area is 156 Å². The van der Waals surface area contributed by atoms with Gasteiger partial charge in [0.2, 0.25) is 4.90 Å². The highest BCUT2D eigenvalue weighted by Crippen LogP contribution is 2.37. The summed E-state index contributed by atoms with van der Waals surface area (Å²) < 4.78 is 15.6. The Bertz CT molecular complexity index is 672. The molecule has 1 unspecified atom stereocenters. The molecule has 1 aromatic carbocycles. The van der Waals surface area contributed by atoms with Gasteiger partial charge in [0.15, 0.2) is 0 Å². The summed E-state index contributed by atoms with van der Waals surface area (Å²) in [7, 11) is 1.74. The number of halogens is 2. The van der Waals surface area contributed by atoms with Gasteiger partial charge in [-0.05, 0) is 50.3 Å². The molecular formula is C17H21Cl2N3OS. The fourth-order valence-electron chi connectivity index (χ4n) is 2.58. The first kappa shape index (κ1) is 19.2. The standard InChI is InChI=1S/C17H21Cl2N3OS/c1-10(20)16(11(2)21-3)22-24(23)17-14(18)8-13(9-15(17)19)12-6-4-5-7-12/h4-5,8-9,12,20-22H,6-7H2,1-3H3/b16-11+,20-10?. The van der Waals surface area contributed by atoms with Crippen LogP contribution in [0.25, 0.3) is 0 Å². The number of allylic oxidation sites excluding steroid dienone is 4. The minimum absolute atomic E-state index is 0.274. The van der Waals surface area contributed by atoms with Crippen LogP contribution in [0.5, 0.6) is 0 Å². The van der Waals surface area contributed by atoms with Crippen LogP contribution in [0.4, 0.5) is 0 Å². The van der Waals surface area contributed by atoms with Gasteiger partial charge >= 0.3 is 0 Å². The van der Waals surface area contributed by atoms with E-state index in [4.69, 9.17) is 28.6 Å². The van der Waals surface area contributed by atoms with Crippen LogP contribution in [0.2, 0.25) is 10.0 Å². The molecule has 0 saturated heterocycles. The fourth-order valence-corrected chi connectivity index (χ4v) is 4.57. The van der Waals surface area contributed by atoms with Crippen molar-refractivity contribution in [2.75, 3.05) is 7.05 Å². The first-order chi connectivity index (χ1) is 11.3. The number of benzene rings is 1. The number of nitrogens with one attached hydrogen (secondary N) is 3. The van der Waals surface area contributed by atoms with E-state index >= 15 is 0 Å². The molecule has 2 rings (SSSR count). The lowest BCUT2D eigenvalue weighted by atomic mass is 9.97. The first-order valence-corrected chi connectivity index (χ1v) is 9.52. The van der Waals surface area contributed by atoms with E-state index in [1.165, 1.54) is 0 Å².